The predicted octanol–water partition coefficient (Wildman–Crippen LogP) is 2.27. The number of carboxylic acids is 1. The molecule has 0 aliphatic rings. The number of hydrogen-bond donors (Lipinski definition) is 1. The van der Waals surface area contributed by atoms with Crippen LogP contribution in [0.2, 0.25) is 0 Å². The molecule has 0 aromatic heterocycles. The third kappa shape index (κ3) is 4.63. The van der Waals surface area contributed by atoms with Crippen LogP contribution in [-0.4, -0.2) is 24.0 Å². The van der Waals surface area contributed by atoms with Crippen molar-refractivity contribution in [1.82, 2.24) is 0 Å². The molecule has 4 nitrogen and oxygen atoms in total. The van der Waals surface area contributed by atoms with Gasteiger partial charge in [0.25, 0.3) is 0 Å². The number of hydrogen-bond acceptors (Lipinski definition) is 3. The molecule has 0 fully saturated rings. The number of aliphatic carboxylic acids is 1. The molecule has 92 valence electrons. The Hall–Kier alpha value is -1.91. The summed E-state index contributed by atoms with van der Waals surface area (Å²) < 4.78 is 18.4. The van der Waals surface area contributed by atoms with Crippen LogP contribution in [0.25, 0.3) is 0 Å². The van der Waals surface area contributed by atoms with Crippen molar-refractivity contribution < 1.29 is 23.8 Å². The average Bonchev–Trinajstić information content (AvgIpc) is 2.30. The van der Waals surface area contributed by atoms with Crippen LogP contribution in [0.15, 0.2) is 18.2 Å². The molecule has 0 atom stereocenters. The lowest BCUT2D eigenvalue weighted by molar-refractivity contribution is -0.137. The Balaban J connectivity index is 2.36. The van der Waals surface area contributed by atoms with Crippen molar-refractivity contribution in [3.05, 3.63) is 29.6 Å². The molecule has 0 saturated carbocycles. The first-order valence-corrected chi connectivity index (χ1v) is 5.23. The van der Waals surface area contributed by atoms with Gasteiger partial charge >= 0.3 is 5.97 Å². The van der Waals surface area contributed by atoms with Crippen LogP contribution in [-0.2, 0) is 4.79 Å². The van der Waals surface area contributed by atoms with E-state index < -0.39 is 11.8 Å². The smallest absolute Gasteiger partial charge is 0.303 e. The molecule has 1 N–H and O–H groups in total. The second kappa shape index (κ2) is 6.62. The maximum atomic E-state index is 13.3. The van der Waals surface area contributed by atoms with E-state index in [1.807, 2.05) is 0 Å². The monoisotopic (exact) mass is 240 g/mol. The highest BCUT2D eigenvalue weighted by Gasteiger charge is 2.04. The highest BCUT2D eigenvalue weighted by molar-refractivity contribution is 5.74. The summed E-state index contributed by atoms with van der Waals surface area (Å²) in [6.45, 7) is 0.255. The Morgan fingerprint density at radius 1 is 1.41 bits per heavy atom. The van der Waals surface area contributed by atoms with Crippen LogP contribution in [0, 0.1) is 5.82 Å². The van der Waals surface area contributed by atoms with Gasteiger partial charge in [0.05, 0.1) is 6.61 Å². The van der Waals surface area contributed by atoms with Gasteiger partial charge in [-0.3, -0.25) is 9.59 Å². The summed E-state index contributed by atoms with van der Waals surface area (Å²) in [4.78, 5) is 20.6. The highest BCUT2D eigenvalue weighted by Crippen LogP contribution is 2.17. The predicted molar refractivity (Wildman–Crippen MR) is 58.8 cm³/mol. The fourth-order valence-electron chi connectivity index (χ4n) is 1.27. The normalized spacial score (nSPS) is 9.94. The summed E-state index contributed by atoms with van der Waals surface area (Å²) >= 11 is 0. The number of aldehydes is 1. The van der Waals surface area contributed by atoms with E-state index in [0.29, 0.717) is 19.1 Å². The van der Waals surface area contributed by atoms with E-state index in [9.17, 15) is 14.0 Å². The first-order valence-electron chi connectivity index (χ1n) is 5.23. The number of carbonyl (C=O) groups excluding carboxylic acids is 1. The van der Waals surface area contributed by atoms with E-state index in [-0.39, 0.29) is 24.3 Å². The van der Waals surface area contributed by atoms with Gasteiger partial charge in [-0.15, -0.1) is 0 Å². The standard InChI is InChI=1S/C12H13FO4/c13-10-7-9(8-14)4-5-11(10)17-6-2-1-3-12(15)16/h4-5,7-8H,1-3,6H2,(H,15,16). The Morgan fingerprint density at radius 3 is 2.76 bits per heavy atom. The van der Waals surface area contributed by atoms with Crippen molar-refractivity contribution >= 4 is 12.3 Å². The molecule has 17 heavy (non-hydrogen) atoms. The molecule has 0 saturated heterocycles. The van der Waals surface area contributed by atoms with E-state index in [1.54, 1.807) is 0 Å². The topological polar surface area (TPSA) is 63.6 Å². The quantitative estimate of drug-likeness (QED) is 0.586. The average molecular weight is 240 g/mol. The molecule has 1 aromatic carbocycles. The Kier molecular flexibility index (Phi) is 5.13. The van der Waals surface area contributed by atoms with Crippen LogP contribution in [0.4, 0.5) is 4.39 Å². The molecule has 0 amide bonds. The minimum Gasteiger partial charge on any atom is -0.491 e. The molecule has 0 aliphatic heterocycles. The number of carbonyl (C=O) groups is 2. The minimum absolute atomic E-state index is 0.0749. The lowest BCUT2D eigenvalue weighted by Gasteiger charge is -2.06. The number of benzene rings is 1. The van der Waals surface area contributed by atoms with E-state index in [4.69, 9.17) is 9.84 Å². The number of ether oxygens (including phenoxy) is 1. The maximum absolute atomic E-state index is 13.3. The molecule has 0 bridgehead atoms. The SMILES string of the molecule is O=Cc1ccc(OCCCCC(=O)O)c(F)c1. The lowest BCUT2D eigenvalue weighted by atomic mass is 10.2. The minimum atomic E-state index is -0.855. The summed E-state index contributed by atoms with van der Waals surface area (Å²) in [6, 6.07) is 3.94. The number of unbranched alkanes of at least 4 members (excludes halogenated alkanes) is 1. The maximum Gasteiger partial charge on any atom is 0.303 e. The molecule has 0 radical (unpaired) electrons. The first kappa shape index (κ1) is 13.2. The van der Waals surface area contributed by atoms with Crippen LogP contribution in [0.1, 0.15) is 29.6 Å². The van der Waals surface area contributed by atoms with Crippen LogP contribution in [0.5, 0.6) is 5.75 Å². The second-order valence-electron chi connectivity index (χ2n) is 3.51. The van der Waals surface area contributed by atoms with Crippen molar-refractivity contribution in [2.45, 2.75) is 19.3 Å². The second-order valence-corrected chi connectivity index (χ2v) is 3.51. The van der Waals surface area contributed by atoms with Crippen molar-refractivity contribution in [2.75, 3.05) is 6.61 Å². The molecule has 0 unspecified atom stereocenters. The van der Waals surface area contributed by atoms with E-state index in [1.165, 1.54) is 12.1 Å². The van der Waals surface area contributed by atoms with Gasteiger partial charge in [-0.1, -0.05) is 0 Å². The van der Waals surface area contributed by atoms with Gasteiger partial charge < -0.3 is 9.84 Å². The Labute approximate surface area is 98.0 Å². The van der Waals surface area contributed by atoms with Crippen LogP contribution < -0.4 is 4.74 Å². The summed E-state index contributed by atoms with van der Waals surface area (Å²) in [6.07, 6.45) is 1.67. The van der Waals surface area contributed by atoms with Gasteiger partial charge in [0, 0.05) is 12.0 Å². The summed E-state index contributed by atoms with van der Waals surface area (Å²) in [7, 11) is 0. The third-order valence-corrected chi connectivity index (χ3v) is 2.13. The van der Waals surface area contributed by atoms with Gasteiger partial charge in [-0.05, 0) is 31.0 Å². The molecule has 5 heteroatoms. The number of halogens is 1. The van der Waals surface area contributed by atoms with Crippen LogP contribution in [0.3, 0.4) is 0 Å². The van der Waals surface area contributed by atoms with Crippen LogP contribution >= 0.6 is 0 Å². The zero-order chi connectivity index (χ0) is 12.7. The fourth-order valence-corrected chi connectivity index (χ4v) is 1.27. The van der Waals surface area contributed by atoms with E-state index in [0.717, 1.165) is 6.07 Å². The molecule has 0 heterocycles. The number of carboxylic acid groups (broad SMARTS) is 1. The summed E-state index contributed by atoms with van der Waals surface area (Å²) in [5.74, 6) is -1.37. The van der Waals surface area contributed by atoms with Gasteiger partial charge in [0.2, 0.25) is 0 Å². The van der Waals surface area contributed by atoms with E-state index in [2.05, 4.69) is 0 Å². The summed E-state index contributed by atoms with van der Waals surface area (Å²) in [5, 5.41) is 8.40. The molecular formula is C12H13FO4. The lowest BCUT2D eigenvalue weighted by Crippen LogP contribution is -2.01. The molecule has 0 aliphatic carbocycles. The molecule has 1 rings (SSSR count). The van der Waals surface area contributed by atoms with Gasteiger partial charge in [-0.25, -0.2) is 4.39 Å². The largest absolute Gasteiger partial charge is 0.491 e. The zero-order valence-electron chi connectivity index (χ0n) is 9.19. The van der Waals surface area contributed by atoms with Gasteiger partial charge in [-0.2, -0.15) is 0 Å². The highest BCUT2D eigenvalue weighted by atomic mass is 19.1. The third-order valence-electron chi connectivity index (χ3n) is 2.13. The zero-order valence-corrected chi connectivity index (χ0v) is 9.19. The Bertz CT molecular complexity index is 403. The van der Waals surface area contributed by atoms with Crippen molar-refractivity contribution in [1.29, 1.82) is 0 Å². The fraction of sp³-hybridized carbons (Fsp3) is 0.333. The Morgan fingerprint density at radius 2 is 2.18 bits per heavy atom. The molecule has 1 aromatic rings. The van der Waals surface area contributed by atoms with E-state index >= 15 is 0 Å². The number of rotatable bonds is 7. The molecular weight excluding hydrogens is 227 g/mol. The van der Waals surface area contributed by atoms with Gasteiger partial charge in [0.1, 0.15) is 6.29 Å². The first-order chi connectivity index (χ1) is 8.13. The molecule has 0 spiro atoms. The van der Waals surface area contributed by atoms with Gasteiger partial charge in [0.15, 0.2) is 11.6 Å². The van der Waals surface area contributed by atoms with Crippen molar-refractivity contribution in [3.63, 3.8) is 0 Å². The summed E-state index contributed by atoms with van der Waals surface area (Å²) in [5.41, 5.74) is 0.251. The van der Waals surface area contributed by atoms with Crippen molar-refractivity contribution in [2.24, 2.45) is 0 Å². The van der Waals surface area contributed by atoms with Crippen molar-refractivity contribution in [3.8, 4) is 5.75 Å².